The summed E-state index contributed by atoms with van der Waals surface area (Å²) in [6, 6.07) is 0.430. The average molecular weight is 628 g/mol. The van der Waals surface area contributed by atoms with E-state index in [1.165, 1.54) is 148 Å². The predicted octanol–water partition coefficient (Wildman–Crippen LogP) is 13.1. The van der Waals surface area contributed by atoms with Crippen molar-refractivity contribution < 1.29 is 9.47 Å². The highest BCUT2D eigenvalue weighted by molar-refractivity contribution is 4.93. The summed E-state index contributed by atoms with van der Waals surface area (Å²) < 4.78 is 12.7. The summed E-state index contributed by atoms with van der Waals surface area (Å²) in [5, 5.41) is 0. The van der Waals surface area contributed by atoms with Crippen LogP contribution < -0.4 is 0 Å². The summed E-state index contributed by atoms with van der Waals surface area (Å²) in [7, 11) is 2.23. The van der Waals surface area contributed by atoms with Crippen molar-refractivity contribution in [2.24, 2.45) is 0 Å². The Hall–Kier alpha value is -1.16. The van der Waals surface area contributed by atoms with Crippen molar-refractivity contribution in [1.29, 1.82) is 0 Å². The third-order valence-electron chi connectivity index (χ3n) is 9.15. The minimum atomic E-state index is -0.0477. The van der Waals surface area contributed by atoms with E-state index >= 15 is 0 Å². The number of unbranched alkanes of at least 4 members (excludes halogenated alkanes) is 18. The van der Waals surface area contributed by atoms with Gasteiger partial charge in [-0.25, -0.2) is 0 Å². The van der Waals surface area contributed by atoms with E-state index in [1.54, 1.807) is 0 Å². The summed E-state index contributed by atoms with van der Waals surface area (Å²) in [5.41, 5.74) is 0. The fraction of sp³-hybridized carbons (Fsp3) is 0.810. The number of nitrogens with zero attached hydrogens (tertiary/aromatic N) is 1. The molecule has 3 nitrogen and oxygen atoms in total. The minimum Gasteiger partial charge on any atom is -0.351 e. The molecule has 0 aromatic rings. The molecule has 0 aromatic heterocycles. The number of hydrogen-bond donors (Lipinski definition) is 0. The smallest absolute Gasteiger partial charge is 0.172 e. The summed E-state index contributed by atoms with van der Waals surface area (Å²) in [5.74, 6) is 0. The molecule has 0 N–H and O–H groups in total. The molecule has 0 unspecified atom stereocenters. The highest BCUT2D eigenvalue weighted by Crippen LogP contribution is 2.22. The number of likely N-dealkylation sites (N-methyl/N-ethyl adjacent to an activating group) is 1. The van der Waals surface area contributed by atoms with Crippen molar-refractivity contribution in [2.75, 3.05) is 26.8 Å². The molecule has 1 rings (SSSR count). The van der Waals surface area contributed by atoms with Gasteiger partial charge in [0, 0.05) is 13.2 Å². The predicted molar refractivity (Wildman–Crippen MR) is 200 cm³/mol. The van der Waals surface area contributed by atoms with Crippen molar-refractivity contribution >= 4 is 0 Å². The molecule has 0 aliphatic carbocycles. The molecule has 0 spiro atoms. The van der Waals surface area contributed by atoms with Crippen LogP contribution in [0.4, 0.5) is 0 Å². The molecular formula is C42H77NO2. The SMILES string of the molecule is CCCCCC=CCC=CCCCCCCCCOC(OCCCCCCCCC=CCC=CCCCCC)[C@H]1CCCN1C. The van der Waals surface area contributed by atoms with E-state index in [-0.39, 0.29) is 6.29 Å². The van der Waals surface area contributed by atoms with Gasteiger partial charge in [0.25, 0.3) is 0 Å². The molecule has 262 valence electrons. The quantitative estimate of drug-likeness (QED) is 0.0410. The Labute approximate surface area is 282 Å². The Morgan fingerprint density at radius 3 is 1.27 bits per heavy atom. The van der Waals surface area contributed by atoms with Crippen LogP contribution in [0.1, 0.15) is 181 Å². The highest BCUT2D eigenvalue weighted by atomic mass is 16.7. The molecule has 45 heavy (non-hydrogen) atoms. The number of likely N-dealkylation sites (tertiary alicyclic amines) is 1. The van der Waals surface area contributed by atoms with E-state index in [0.29, 0.717) is 6.04 Å². The third-order valence-corrected chi connectivity index (χ3v) is 9.15. The second-order valence-electron chi connectivity index (χ2n) is 13.5. The summed E-state index contributed by atoms with van der Waals surface area (Å²) in [6.45, 7) is 7.39. The summed E-state index contributed by atoms with van der Waals surface area (Å²) in [4.78, 5) is 2.45. The van der Waals surface area contributed by atoms with Crippen LogP contribution >= 0.6 is 0 Å². The van der Waals surface area contributed by atoms with Gasteiger partial charge in [0.1, 0.15) is 0 Å². The lowest BCUT2D eigenvalue weighted by Gasteiger charge is -2.29. The van der Waals surface area contributed by atoms with E-state index in [9.17, 15) is 0 Å². The molecule has 0 saturated carbocycles. The molecule has 0 aromatic carbocycles. The third kappa shape index (κ3) is 27.6. The molecule has 1 aliphatic rings. The number of rotatable bonds is 33. The lowest BCUT2D eigenvalue weighted by atomic mass is 10.1. The monoisotopic (exact) mass is 628 g/mol. The summed E-state index contributed by atoms with van der Waals surface area (Å²) in [6.07, 6.45) is 52.0. The van der Waals surface area contributed by atoms with Gasteiger partial charge in [-0.15, -0.1) is 0 Å². The van der Waals surface area contributed by atoms with Crippen LogP contribution in [0.5, 0.6) is 0 Å². The number of hydrogen-bond acceptors (Lipinski definition) is 3. The molecule has 0 bridgehead atoms. The molecule has 1 fully saturated rings. The maximum atomic E-state index is 6.36. The van der Waals surface area contributed by atoms with Crippen molar-refractivity contribution in [2.45, 2.75) is 193 Å². The van der Waals surface area contributed by atoms with Crippen LogP contribution in [0.15, 0.2) is 48.6 Å². The maximum absolute atomic E-state index is 6.36. The van der Waals surface area contributed by atoms with E-state index in [1.807, 2.05) is 0 Å². The van der Waals surface area contributed by atoms with Gasteiger partial charge >= 0.3 is 0 Å². The van der Waals surface area contributed by atoms with Crippen LogP contribution in [0, 0.1) is 0 Å². The van der Waals surface area contributed by atoms with E-state index in [2.05, 4.69) is 74.4 Å². The first-order chi connectivity index (χ1) is 22.3. The van der Waals surface area contributed by atoms with Gasteiger partial charge < -0.3 is 9.47 Å². The molecular weight excluding hydrogens is 550 g/mol. The highest BCUT2D eigenvalue weighted by Gasteiger charge is 2.30. The molecule has 0 amide bonds. The Kier molecular flexibility index (Phi) is 31.8. The van der Waals surface area contributed by atoms with E-state index in [4.69, 9.17) is 9.47 Å². The van der Waals surface area contributed by atoms with Gasteiger partial charge in [-0.3, -0.25) is 4.90 Å². The normalized spacial score (nSPS) is 16.9. The largest absolute Gasteiger partial charge is 0.351 e. The Morgan fingerprint density at radius 1 is 0.511 bits per heavy atom. The molecule has 1 heterocycles. The lowest BCUT2D eigenvalue weighted by molar-refractivity contribution is -0.172. The first kappa shape index (κ1) is 41.9. The summed E-state index contributed by atoms with van der Waals surface area (Å²) >= 11 is 0. The average Bonchev–Trinajstić information content (AvgIpc) is 3.48. The van der Waals surface area contributed by atoms with Gasteiger partial charge in [0.15, 0.2) is 6.29 Å². The van der Waals surface area contributed by atoms with Crippen molar-refractivity contribution in [3.8, 4) is 0 Å². The molecule has 0 radical (unpaired) electrons. The minimum absolute atomic E-state index is 0.0477. The standard InChI is InChI=1S/C42H77NO2/c1-4-6-8-10-12-14-16-18-20-22-24-26-28-30-32-34-39-44-42(41-37-36-38-43(41)3)45-40-35-33-31-29-27-25-23-21-19-17-15-13-11-9-7-5-2/h12-15,18-21,41-42H,4-11,16-17,22-40H2,1-3H3/t41-,42?/m1/s1. The molecule has 1 saturated heterocycles. The number of ether oxygens (including phenoxy) is 2. The van der Waals surface area contributed by atoms with Crippen molar-refractivity contribution in [1.82, 2.24) is 4.90 Å². The van der Waals surface area contributed by atoms with Gasteiger partial charge in [0.05, 0.1) is 6.04 Å². The Bertz CT molecular complexity index is 661. The Balaban J connectivity index is 2.00. The van der Waals surface area contributed by atoms with Crippen molar-refractivity contribution in [3.63, 3.8) is 0 Å². The van der Waals surface area contributed by atoms with Gasteiger partial charge in [-0.1, -0.05) is 140 Å². The second-order valence-corrected chi connectivity index (χ2v) is 13.5. The zero-order chi connectivity index (χ0) is 32.3. The fourth-order valence-corrected chi connectivity index (χ4v) is 6.13. The zero-order valence-corrected chi connectivity index (χ0v) is 30.5. The van der Waals surface area contributed by atoms with Gasteiger partial charge in [-0.05, 0) is 103 Å². The zero-order valence-electron chi connectivity index (χ0n) is 30.5. The van der Waals surface area contributed by atoms with Crippen LogP contribution in [0.2, 0.25) is 0 Å². The van der Waals surface area contributed by atoms with Crippen molar-refractivity contribution in [3.05, 3.63) is 48.6 Å². The first-order valence-corrected chi connectivity index (χ1v) is 19.8. The van der Waals surface area contributed by atoms with E-state index < -0.39 is 0 Å². The molecule has 1 atom stereocenters. The van der Waals surface area contributed by atoms with Crippen LogP contribution in [-0.2, 0) is 9.47 Å². The Morgan fingerprint density at radius 2 is 0.889 bits per heavy atom. The fourth-order valence-electron chi connectivity index (χ4n) is 6.13. The van der Waals surface area contributed by atoms with Crippen LogP contribution in [0.25, 0.3) is 0 Å². The molecule has 3 heteroatoms. The van der Waals surface area contributed by atoms with Gasteiger partial charge in [0.2, 0.25) is 0 Å². The second kappa shape index (κ2) is 34.2. The van der Waals surface area contributed by atoms with E-state index in [0.717, 1.165) is 38.9 Å². The van der Waals surface area contributed by atoms with Crippen LogP contribution in [0.3, 0.4) is 0 Å². The lowest BCUT2D eigenvalue weighted by Crippen LogP contribution is -2.40. The first-order valence-electron chi connectivity index (χ1n) is 19.8. The topological polar surface area (TPSA) is 21.7 Å². The van der Waals surface area contributed by atoms with Gasteiger partial charge in [-0.2, -0.15) is 0 Å². The number of allylic oxidation sites excluding steroid dienone is 8. The molecule has 1 aliphatic heterocycles. The van der Waals surface area contributed by atoms with Crippen LogP contribution in [-0.4, -0.2) is 44.0 Å². The maximum Gasteiger partial charge on any atom is 0.172 e.